The zero-order valence-corrected chi connectivity index (χ0v) is 10.1. The third-order valence-electron chi connectivity index (χ3n) is 3.24. The van der Waals surface area contributed by atoms with Crippen molar-refractivity contribution in [3.05, 3.63) is 35.8 Å². The molecule has 0 saturated carbocycles. The van der Waals surface area contributed by atoms with E-state index in [0.29, 0.717) is 0 Å². The van der Waals surface area contributed by atoms with Gasteiger partial charge >= 0.3 is 0 Å². The molecule has 0 aromatic carbocycles. The van der Waals surface area contributed by atoms with Gasteiger partial charge in [0.25, 0.3) is 0 Å². The first-order valence-corrected chi connectivity index (χ1v) is 5.86. The smallest absolute Gasteiger partial charge is 0.125 e. The maximum Gasteiger partial charge on any atom is 0.125 e. The van der Waals surface area contributed by atoms with Crippen LogP contribution in [0.15, 0.2) is 23.1 Å². The Bertz CT molecular complexity index is 345. The molecule has 2 heterocycles. The van der Waals surface area contributed by atoms with Gasteiger partial charge in [-0.2, -0.15) is 0 Å². The molecule has 1 aromatic heterocycles. The lowest BCUT2D eigenvalue weighted by Gasteiger charge is -2.31. The number of furan rings is 1. The van der Waals surface area contributed by atoms with Crippen molar-refractivity contribution >= 4 is 0 Å². The fourth-order valence-electron chi connectivity index (χ4n) is 2.15. The second-order valence-electron chi connectivity index (χ2n) is 4.35. The Labute approximate surface area is 97.1 Å². The molecular weight excluding hydrogens is 200 g/mol. The lowest BCUT2D eigenvalue weighted by Crippen LogP contribution is -2.44. The summed E-state index contributed by atoms with van der Waals surface area (Å²) >= 11 is 0. The average molecular weight is 220 g/mol. The Morgan fingerprint density at radius 3 is 2.62 bits per heavy atom. The number of rotatable bonds is 3. The lowest BCUT2D eigenvalue weighted by atomic mass is 10.1. The quantitative estimate of drug-likeness (QED) is 0.790. The molecule has 1 saturated heterocycles. The molecule has 1 fully saturated rings. The molecule has 1 aliphatic rings. The molecule has 0 bridgehead atoms. The van der Waals surface area contributed by atoms with Gasteiger partial charge in [-0.3, -0.25) is 4.90 Å². The Kier molecular flexibility index (Phi) is 3.46. The van der Waals surface area contributed by atoms with Crippen LogP contribution in [-0.4, -0.2) is 31.1 Å². The predicted molar refractivity (Wildman–Crippen MR) is 65.6 cm³/mol. The van der Waals surface area contributed by atoms with E-state index in [1.165, 1.54) is 5.56 Å². The van der Waals surface area contributed by atoms with Gasteiger partial charge in [0, 0.05) is 26.2 Å². The molecule has 88 valence electrons. The van der Waals surface area contributed by atoms with E-state index in [1.54, 1.807) is 0 Å². The maximum atomic E-state index is 5.79. The molecule has 0 spiro atoms. The zero-order chi connectivity index (χ0) is 11.5. The van der Waals surface area contributed by atoms with E-state index in [4.69, 9.17) is 4.42 Å². The van der Waals surface area contributed by atoms with Crippen LogP contribution >= 0.6 is 0 Å². The van der Waals surface area contributed by atoms with Crippen LogP contribution in [0.1, 0.15) is 23.1 Å². The van der Waals surface area contributed by atoms with E-state index in [0.717, 1.165) is 37.7 Å². The van der Waals surface area contributed by atoms with Gasteiger partial charge in [-0.1, -0.05) is 6.08 Å². The van der Waals surface area contributed by atoms with Gasteiger partial charge in [-0.15, -0.1) is 6.58 Å². The van der Waals surface area contributed by atoms with Gasteiger partial charge in [0.05, 0.1) is 6.04 Å². The fraction of sp³-hybridized carbons (Fsp3) is 0.538. The van der Waals surface area contributed by atoms with E-state index in [2.05, 4.69) is 29.8 Å². The Balaban J connectivity index is 2.17. The molecule has 0 radical (unpaired) electrons. The summed E-state index contributed by atoms with van der Waals surface area (Å²) in [5.41, 5.74) is 1.22. The normalized spacial score (nSPS) is 19.6. The highest BCUT2D eigenvalue weighted by molar-refractivity contribution is 5.23. The van der Waals surface area contributed by atoms with Crippen LogP contribution in [0.4, 0.5) is 0 Å². The molecular formula is C13H20N2O. The lowest BCUT2D eigenvalue weighted by molar-refractivity contribution is 0.184. The molecule has 1 atom stereocenters. The van der Waals surface area contributed by atoms with Gasteiger partial charge < -0.3 is 9.73 Å². The van der Waals surface area contributed by atoms with Crippen LogP contribution < -0.4 is 5.32 Å². The van der Waals surface area contributed by atoms with Crippen molar-refractivity contribution in [2.75, 3.05) is 26.2 Å². The monoisotopic (exact) mass is 220 g/mol. The van der Waals surface area contributed by atoms with Crippen molar-refractivity contribution in [1.29, 1.82) is 0 Å². The van der Waals surface area contributed by atoms with Crippen LogP contribution in [-0.2, 0) is 0 Å². The van der Waals surface area contributed by atoms with Gasteiger partial charge in [0.1, 0.15) is 11.5 Å². The van der Waals surface area contributed by atoms with E-state index < -0.39 is 0 Å². The Morgan fingerprint density at radius 2 is 2.12 bits per heavy atom. The second kappa shape index (κ2) is 4.85. The van der Waals surface area contributed by atoms with Gasteiger partial charge in [0.2, 0.25) is 0 Å². The van der Waals surface area contributed by atoms with Crippen LogP contribution in [0.3, 0.4) is 0 Å². The van der Waals surface area contributed by atoms with Crippen LogP contribution in [0.2, 0.25) is 0 Å². The SMILES string of the molecule is C=C[C@@H](c1cc(C)c(C)o1)N1CCNCC1. The first-order valence-electron chi connectivity index (χ1n) is 5.86. The minimum absolute atomic E-state index is 0.217. The fourth-order valence-corrected chi connectivity index (χ4v) is 2.15. The minimum atomic E-state index is 0.217. The number of nitrogens with one attached hydrogen (secondary N) is 1. The molecule has 3 nitrogen and oxygen atoms in total. The standard InChI is InChI=1S/C13H20N2O/c1-4-12(15-7-5-14-6-8-15)13-9-10(2)11(3)16-13/h4,9,12,14H,1,5-8H2,2-3H3/t12-/m0/s1. The number of hydrogen-bond donors (Lipinski definition) is 1. The molecule has 1 aliphatic heterocycles. The molecule has 0 amide bonds. The van der Waals surface area contributed by atoms with E-state index in [9.17, 15) is 0 Å². The van der Waals surface area contributed by atoms with Crippen LogP contribution in [0.5, 0.6) is 0 Å². The Hall–Kier alpha value is -1.06. The summed E-state index contributed by atoms with van der Waals surface area (Å²) in [6.07, 6.45) is 1.98. The topological polar surface area (TPSA) is 28.4 Å². The summed E-state index contributed by atoms with van der Waals surface area (Å²) in [6, 6.07) is 2.35. The number of aryl methyl sites for hydroxylation is 2. The first-order chi connectivity index (χ1) is 7.72. The van der Waals surface area contributed by atoms with Crippen molar-refractivity contribution in [3.8, 4) is 0 Å². The summed E-state index contributed by atoms with van der Waals surface area (Å²) < 4.78 is 5.79. The summed E-state index contributed by atoms with van der Waals surface area (Å²) in [6.45, 7) is 12.2. The highest BCUT2D eigenvalue weighted by Gasteiger charge is 2.22. The summed E-state index contributed by atoms with van der Waals surface area (Å²) in [7, 11) is 0. The van der Waals surface area contributed by atoms with Crippen molar-refractivity contribution < 1.29 is 4.42 Å². The van der Waals surface area contributed by atoms with Gasteiger partial charge in [-0.25, -0.2) is 0 Å². The van der Waals surface area contributed by atoms with Gasteiger partial charge in [0.15, 0.2) is 0 Å². The number of nitrogens with zero attached hydrogens (tertiary/aromatic N) is 1. The third-order valence-corrected chi connectivity index (χ3v) is 3.24. The minimum Gasteiger partial charge on any atom is -0.464 e. The molecule has 0 aliphatic carbocycles. The van der Waals surface area contributed by atoms with Crippen molar-refractivity contribution in [2.45, 2.75) is 19.9 Å². The van der Waals surface area contributed by atoms with E-state index >= 15 is 0 Å². The predicted octanol–water partition coefficient (Wildman–Crippen LogP) is 2.03. The first kappa shape index (κ1) is 11.4. The molecule has 2 rings (SSSR count). The van der Waals surface area contributed by atoms with Crippen molar-refractivity contribution in [2.24, 2.45) is 0 Å². The molecule has 16 heavy (non-hydrogen) atoms. The van der Waals surface area contributed by atoms with Crippen LogP contribution in [0.25, 0.3) is 0 Å². The zero-order valence-electron chi connectivity index (χ0n) is 10.1. The molecule has 3 heteroatoms. The highest BCUT2D eigenvalue weighted by atomic mass is 16.3. The largest absolute Gasteiger partial charge is 0.464 e. The average Bonchev–Trinajstić information content (AvgIpc) is 2.61. The number of piperazine rings is 1. The van der Waals surface area contributed by atoms with E-state index in [-0.39, 0.29) is 6.04 Å². The summed E-state index contributed by atoms with van der Waals surface area (Å²) in [5, 5.41) is 3.36. The van der Waals surface area contributed by atoms with Gasteiger partial charge in [-0.05, 0) is 25.5 Å². The van der Waals surface area contributed by atoms with Crippen LogP contribution in [0, 0.1) is 13.8 Å². The Morgan fingerprint density at radius 1 is 1.44 bits per heavy atom. The van der Waals surface area contributed by atoms with Crippen molar-refractivity contribution in [3.63, 3.8) is 0 Å². The third kappa shape index (κ3) is 2.20. The molecule has 1 aromatic rings. The summed E-state index contributed by atoms with van der Waals surface area (Å²) in [4.78, 5) is 2.40. The second-order valence-corrected chi connectivity index (χ2v) is 4.35. The maximum absolute atomic E-state index is 5.79. The number of hydrogen-bond acceptors (Lipinski definition) is 3. The molecule has 0 unspecified atom stereocenters. The van der Waals surface area contributed by atoms with Crippen molar-refractivity contribution in [1.82, 2.24) is 10.2 Å². The van der Waals surface area contributed by atoms with E-state index in [1.807, 2.05) is 13.0 Å². The highest BCUT2D eigenvalue weighted by Crippen LogP contribution is 2.26. The summed E-state index contributed by atoms with van der Waals surface area (Å²) in [5.74, 6) is 2.03. The molecule has 1 N–H and O–H groups in total.